The number of amides is 1. The van der Waals surface area contributed by atoms with E-state index in [0.717, 1.165) is 11.3 Å². The number of nitrogens with zero attached hydrogens (tertiary/aromatic N) is 1. The van der Waals surface area contributed by atoms with Crippen molar-refractivity contribution in [1.29, 1.82) is 0 Å². The fourth-order valence-corrected chi connectivity index (χ4v) is 1.99. The number of benzene rings is 1. The van der Waals surface area contributed by atoms with Crippen molar-refractivity contribution in [3.8, 4) is 0 Å². The molecule has 2 rings (SSSR count). The third-order valence-corrected chi connectivity index (χ3v) is 3.42. The average Bonchev–Trinajstić information content (AvgIpc) is 2.54. The van der Waals surface area contributed by atoms with Crippen molar-refractivity contribution in [3.63, 3.8) is 0 Å². The molecule has 0 radical (unpaired) electrons. The monoisotopic (exact) mass is 232 g/mol. The molecule has 0 fully saturated rings. The topological polar surface area (TPSA) is 46.3 Å². The van der Waals surface area contributed by atoms with Crippen LogP contribution in [0.15, 0.2) is 24.3 Å². The van der Waals surface area contributed by atoms with Gasteiger partial charge in [-0.2, -0.15) is 0 Å². The number of rotatable bonds is 2. The van der Waals surface area contributed by atoms with Crippen LogP contribution in [0.1, 0.15) is 26.3 Å². The molecule has 0 aliphatic carbocycles. The quantitative estimate of drug-likeness (QED) is 0.847. The molecule has 1 atom stereocenters. The Morgan fingerprint density at radius 2 is 2.00 bits per heavy atom. The zero-order valence-electron chi connectivity index (χ0n) is 10.7. The summed E-state index contributed by atoms with van der Waals surface area (Å²) in [6.07, 6.45) is 0.507. The van der Waals surface area contributed by atoms with Crippen molar-refractivity contribution in [3.05, 3.63) is 29.8 Å². The molecule has 0 saturated carbocycles. The number of carbonyl (C=O) groups is 1. The first-order chi connectivity index (χ1) is 7.89. The van der Waals surface area contributed by atoms with Crippen LogP contribution >= 0.6 is 0 Å². The molecule has 17 heavy (non-hydrogen) atoms. The van der Waals surface area contributed by atoms with Crippen LogP contribution in [0.25, 0.3) is 0 Å². The molecule has 1 unspecified atom stereocenters. The predicted molar refractivity (Wildman–Crippen MR) is 69.9 cm³/mol. The van der Waals surface area contributed by atoms with E-state index in [0.29, 0.717) is 13.0 Å². The van der Waals surface area contributed by atoms with Gasteiger partial charge in [0.1, 0.15) is 0 Å². The summed E-state index contributed by atoms with van der Waals surface area (Å²) in [4.78, 5) is 13.8. The highest BCUT2D eigenvalue weighted by atomic mass is 16.2. The highest BCUT2D eigenvalue weighted by Gasteiger charge is 2.31. The standard InChI is InChI=1S/C14H20N2O/c1-14(2,3)12(15)9-16-11-7-5-4-6-10(11)8-13(16)17/h4-7,12H,8-9,15H2,1-3H3. The molecule has 2 N–H and O–H groups in total. The van der Waals surface area contributed by atoms with Crippen LogP contribution in [0, 0.1) is 5.41 Å². The van der Waals surface area contributed by atoms with Crippen molar-refractivity contribution in [2.45, 2.75) is 33.2 Å². The highest BCUT2D eigenvalue weighted by molar-refractivity contribution is 6.01. The van der Waals surface area contributed by atoms with E-state index in [1.54, 1.807) is 0 Å². The zero-order chi connectivity index (χ0) is 12.6. The van der Waals surface area contributed by atoms with Gasteiger partial charge >= 0.3 is 0 Å². The summed E-state index contributed by atoms with van der Waals surface area (Å²) in [5, 5.41) is 0. The summed E-state index contributed by atoms with van der Waals surface area (Å²) in [6.45, 7) is 6.90. The van der Waals surface area contributed by atoms with Gasteiger partial charge in [0.25, 0.3) is 0 Å². The van der Waals surface area contributed by atoms with Gasteiger partial charge in [-0.15, -0.1) is 0 Å². The number of para-hydroxylation sites is 1. The van der Waals surface area contributed by atoms with Gasteiger partial charge in [0.05, 0.1) is 6.42 Å². The van der Waals surface area contributed by atoms with E-state index >= 15 is 0 Å². The lowest BCUT2D eigenvalue weighted by Gasteiger charge is -2.31. The Morgan fingerprint density at radius 3 is 2.65 bits per heavy atom. The first kappa shape index (κ1) is 12.1. The maximum atomic E-state index is 12.0. The molecule has 1 aromatic carbocycles. The second-order valence-corrected chi connectivity index (χ2v) is 5.78. The second-order valence-electron chi connectivity index (χ2n) is 5.78. The van der Waals surface area contributed by atoms with Crippen LogP contribution in [0.3, 0.4) is 0 Å². The largest absolute Gasteiger partial charge is 0.326 e. The molecule has 1 aliphatic rings. The molecule has 0 spiro atoms. The van der Waals surface area contributed by atoms with E-state index in [2.05, 4.69) is 20.8 Å². The summed E-state index contributed by atoms with van der Waals surface area (Å²) in [5.74, 6) is 0.158. The maximum absolute atomic E-state index is 12.0. The van der Waals surface area contributed by atoms with Crippen LogP contribution in [0.2, 0.25) is 0 Å². The summed E-state index contributed by atoms with van der Waals surface area (Å²) in [7, 11) is 0. The third kappa shape index (κ3) is 2.34. The van der Waals surface area contributed by atoms with Crippen molar-refractivity contribution < 1.29 is 4.79 Å². The maximum Gasteiger partial charge on any atom is 0.231 e. The number of nitrogens with two attached hydrogens (primary N) is 1. The fraction of sp³-hybridized carbons (Fsp3) is 0.500. The predicted octanol–water partition coefficient (Wildman–Crippen LogP) is 1.95. The van der Waals surface area contributed by atoms with E-state index < -0.39 is 0 Å². The lowest BCUT2D eigenvalue weighted by molar-refractivity contribution is -0.117. The van der Waals surface area contributed by atoms with Crippen molar-refractivity contribution in [1.82, 2.24) is 0 Å². The van der Waals surface area contributed by atoms with E-state index in [4.69, 9.17) is 5.73 Å². The van der Waals surface area contributed by atoms with Crippen LogP contribution in [0.5, 0.6) is 0 Å². The molecule has 1 heterocycles. The molecule has 1 aromatic rings. The number of hydrogen-bond donors (Lipinski definition) is 1. The van der Waals surface area contributed by atoms with E-state index in [1.165, 1.54) is 0 Å². The summed E-state index contributed by atoms with van der Waals surface area (Å²) < 4.78 is 0. The van der Waals surface area contributed by atoms with Crippen LogP contribution in [-0.4, -0.2) is 18.5 Å². The van der Waals surface area contributed by atoms with E-state index in [1.807, 2.05) is 29.2 Å². The molecule has 92 valence electrons. The molecular formula is C14H20N2O. The molecular weight excluding hydrogens is 212 g/mol. The van der Waals surface area contributed by atoms with Crippen LogP contribution in [0.4, 0.5) is 5.69 Å². The summed E-state index contributed by atoms with van der Waals surface area (Å²) in [5.41, 5.74) is 8.30. The Bertz CT molecular complexity index is 434. The smallest absolute Gasteiger partial charge is 0.231 e. The Morgan fingerprint density at radius 1 is 1.35 bits per heavy atom. The lowest BCUT2D eigenvalue weighted by Crippen LogP contribution is -2.46. The van der Waals surface area contributed by atoms with Crippen molar-refractivity contribution >= 4 is 11.6 Å². The van der Waals surface area contributed by atoms with Gasteiger partial charge < -0.3 is 10.6 Å². The lowest BCUT2D eigenvalue weighted by atomic mass is 9.87. The Labute approximate surface area is 103 Å². The Kier molecular flexibility index (Phi) is 2.96. The van der Waals surface area contributed by atoms with Gasteiger partial charge in [-0.05, 0) is 17.0 Å². The molecule has 1 amide bonds. The normalized spacial score (nSPS) is 17.2. The minimum Gasteiger partial charge on any atom is -0.326 e. The Hall–Kier alpha value is -1.35. The van der Waals surface area contributed by atoms with Crippen molar-refractivity contribution in [2.24, 2.45) is 11.1 Å². The van der Waals surface area contributed by atoms with Crippen LogP contribution < -0.4 is 10.6 Å². The number of hydrogen-bond acceptors (Lipinski definition) is 2. The summed E-state index contributed by atoms with van der Waals surface area (Å²) in [6, 6.07) is 7.93. The summed E-state index contributed by atoms with van der Waals surface area (Å²) >= 11 is 0. The van der Waals surface area contributed by atoms with Crippen molar-refractivity contribution in [2.75, 3.05) is 11.4 Å². The minimum atomic E-state index is -0.0161. The van der Waals surface area contributed by atoms with Gasteiger partial charge in [0.15, 0.2) is 0 Å². The number of carbonyl (C=O) groups excluding carboxylic acids is 1. The number of anilines is 1. The number of fused-ring (bicyclic) bond motifs is 1. The Balaban J connectivity index is 2.20. The van der Waals surface area contributed by atoms with Crippen LogP contribution in [-0.2, 0) is 11.2 Å². The fourth-order valence-electron chi connectivity index (χ4n) is 1.99. The van der Waals surface area contributed by atoms with E-state index in [-0.39, 0.29) is 17.4 Å². The average molecular weight is 232 g/mol. The van der Waals surface area contributed by atoms with Gasteiger partial charge in [0, 0.05) is 18.3 Å². The first-order valence-corrected chi connectivity index (χ1v) is 6.03. The third-order valence-electron chi connectivity index (χ3n) is 3.42. The molecule has 1 aliphatic heterocycles. The van der Waals surface area contributed by atoms with Gasteiger partial charge in [0.2, 0.25) is 5.91 Å². The minimum absolute atomic E-state index is 0.0117. The molecule has 0 saturated heterocycles. The van der Waals surface area contributed by atoms with Gasteiger partial charge in [-0.1, -0.05) is 39.0 Å². The first-order valence-electron chi connectivity index (χ1n) is 6.03. The van der Waals surface area contributed by atoms with Gasteiger partial charge in [-0.25, -0.2) is 0 Å². The zero-order valence-corrected chi connectivity index (χ0v) is 10.7. The van der Waals surface area contributed by atoms with E-state index in [9.17, 15) is 4.79 Å². The molecule has 3 heteroatoms. The molecule has 3 nitrogen and oxygen atoms in total. The highest BCUT2D eigenvalue weighted by Crippen LogP contribution is 2.30. The molecule has 0 aromatic heterocycles. The molecule has 0 bridgehead atoms. The second kappa shape index (κ2) is 4.15. The SMILES string of the molecule is CC(C)(C)C(N)CN1C(=O)Cc2ccccc21. The van der Waals surface area contributed by atoms with Gasteiger partial charge in [-0.3, -0.25) is 4.79 Å².